The number of benzene rings is 2. The number of carbonyl (C=O) groups excluding carboxylic acids is 1. The molecule has 2 aliphatic heterocycles. The van der Waals surface area contributed by atoms with E-state index in [1.807, 2.05) is 30.3 Å². The molecule has 2 unspecified atom stereocenters. The highest BCUT2D eigenvalue weighted by Gasteiger charge is 2.44. The molecule has 34 heavy (non-hydrogen) atoms. The van der Waals surface area contributed by atoms with Crippen LogP contribution in [0.5, 0.6) is 17.2 Å². The third kappa shape index (κ3) is 4.89. The summed E-state index contributed by atoms with van der Waals surface area (Å²) in [4.78, 5) is 17.8. The van der Waals surface area contributed by atoms with E-state index in [2.05, 4.69) is 22.9 Å². The van der Waals surface area contributed by atoms with E-state index in [-0.39, 0.29) is 5.78 Å². The number of fused-ring (bicyclic) bond motifs is 3. The number of Topliss-reactive ketones (excluding diaryl/α,β-unsaturated/α-hetero) is 1. The lowest BCUT2D eigenvalue weighted by molar-refractivity contribution is 0.0516. The molecule has 0 amide bonds. The van der Waals surface area contributed by atoms with Crippen molar-refractivity contribution in [1.29, 1.82) is 5.26 Å². The number of likely N-dealkylation sites (tertiary alicyclic amines) is 1. The summed E-state index contributed by atoms with van der Waals surface area (Å²) in [6, 6.07) is 15.3. The third-order valence-corrected chi connectivity index (χ3v) is 7.29. The number of hydrogen-bond acceptors (Lipinski definition) is 7. The summed E-state index contributed by atoms with van der Waals surface area (Å²) < 4.78 is 17.1. The molecule has 0 radical (unpaired) electrons. The largest absolute Gasteiger partial charge is 0.492 e. The van der Waals surface area contributed by atoms with Gasteiger partial charge in [-0.2, -0.15) is 5.26 Å². The molecule has 2 atom stereocenters. The molecule has 1 aliphatic carbocycles. The highest BCUT2D eigenvalue weighted by atomic mass is 16.6. The minimum Gasteiger partial charge on any atom is -0.492 e. The third-order valence-electron chi connectivity index (χ3n) is 7.29. The number of carbonyl (C=O) groups is 1. The minimum absolute atomic E-state index is 0.122. The highest BCUT2D eigenvalue weighted by molar-refractivity contribution is 5.98. The molecule has 2 aromatic carbocycles. The van der Waals surface area contributed by atoms with Crippen LogP contribution in [0, 0.1) is 23.2 Å². The maximum absolute atomic E-state index is 13.0. The standard InChI is InChI=1S/C27H31N3O4/c1-29(18-24(31)20-6-9-25-26(14-20)34-13-12-33-25)27-21-4-5-22(27)17-30(16-21)10-11-32-23-7-2-19(15-28)3-8-23/h2-3,6-9,14,21-22,27H,4-5,10-13,16-18H2,1H3. The summed E-state index contributed by atoms with van der Waals surface area (Å²) >= 11 is 0. The van der Waals surface area contributed by atoms with Gasteiger partial charge in [-0.25, -0.2) is 0 Å². The fraction of sp³-hybridized carbons (Fsp3) is 0.481. The molecule has 7 nitrogen and oxygen atoms in total. The number of nitrogens with zero attached hydrogens (tertiary/aromatic N) is 3. The van der Waals surface area contributed by atoms with Crippen molar-refractivity contribution in [3.05, 3.63) is 53.6 Å². The highest BCUT2D eigenvalue weighted by Crippen LogP contribution is 2.39. The van der Waals surface area contributed by atoms with Crippen LogP contribution in [-0.4, -0.2) is 74.7 Å². The Balaban J connectivity index is 1.12. The normalized spacial score (nSPS) is 23.5. The molecule has 0 spiro atoms. The van der Waals surface area contributed by atoms with Crippen molar-refractivity contribution in [3.8, 4) is 23.3 Å². The first-order valence-electron chi connectivity index (χ1n) is 12.1. The Hall–Kier alpha value is -3.08. The molecule has 3 aliphatic rings. The van der Waals surface area contributed by atoms with E-state index < -0.39 is 0 Å². The van der Waals surface area contributed by atoms with Crippen molar-refractivity contribution >= 4 is 5.78 Å². The average molecular weight is 462 g/mol. The lowest BCUT2D eigenvalue weighted by atomic mass is 9.90. The molecule has 2 fully saturated rings. The van der Waals surface area contributed by atoms with Gasteiger partial charge in [0.1, 0.15) is 25.6 Å². The van der Waals surface area contributed by atoms with Crippen LogP contribution in [0.3, 0.4) is 0 Å². The van der Waals surface area contributed by atoms with Crippen LogP contribution < -0.4 is 14.2 Å². The Kier molecular flexibility index (Phi) is 6.70. The summed E-state index contributed by atoms with van der Waals surface area (Å²) in [5, 5.41) is 8.91. The van der Waals surface area contributed by atoms with E-state index in [9.17, 15) is 4.79 Å². The zero-order chi connectivity index (χ0) is 23.5. The van der Waals surface area contributed by atoms with Crippen molar-refractivity contribution in [2.24, 2.45) is 11.8 Å². The molecule has 7 heteroatoms. The smallest absolute Gasteiger partial charge is 0.176 e. The van der Waals surface area contributed by atoms with E-state index >= 15 is 0 Å². The Morgan fingerprint density at radius 2 is 1.79 bits per heavy atom. The maximum atomic E-state index is 13.0. The van der Waals surface area contributed by atoms with Gasteiger partial charge in [-0.15, -0.1) is 0 Å². The van der Waals surface area contributed by atoms with Gasteiger partial charge < -0.3 is 14.2 Å². The van der Waals surface area contributed by atoms with E-state index in [4.69, 9.17) is 19.5 Å². The summed E-state index contributed by atoms with van der Waals surface area (Å²) in [6.45, 7) is 5.09. The van der Waals surface area contributed by atoms with E-state index in [0.29, 0.717) is 66.9 Å². The van der Waals surface area contributed by atoms with Crippen LogP contribution in [-0.2, 0) is 0 Å². The Morgan fingerprint density at radius 3 is 2.50 bits per heavy atom. The lowest BCUT2D eigenvalue weighted by Gasteiger charge is -2.42. The lowest BCUT2D eigenvalue weighted by Crippen LogP contribution is -2.53. The number of piperidine rings is 1. The second kappa shape index (κ2) is 10.0. The van der Waals surface area contributed by atoms with Gasteiger partial charge in [0.05, 0.1) is 18.2 Å². The molecule has 1 saturated heterocycles. The molecular weight excluding hydrogens is 430 g/mol. The van der Waals surface area contributed by atoms with Crippen LogP contribution in [0.25, 0.3) is 0 Å². The molecular formula is C27H31N3O4. The predicted molar refractivity (Wildman–Crippen MR) is 127 cm³/mol. The number of ether oxygens (including phenoxy) is 3. The van der Waals surface area contributed by atoms with Gasteiger partial charge in [0.15, 0.2) is 17.3 Å². The Labute approximate surface area is 200 Å². The van der Waals surface area contributed by atoms with E-state index in [1.54, 1.807) is 12.1 Å². The summed E-state index contributed by atoms with van der Waals surface area (Å²) in [5.41, 5.74) is 1.32. The molecule has 2 bridgehead atoms. The first-order valence-corrected chi connectivity index (χ1v) is 12.1. The van der Waals surface area contributed by atoms with Gasteiger partial charge in [-0.05, 0) is 74.2 Å². The van der Waals surface area contributed by atoms with Gasteiger partial charge in [-0.1, -0.05) is 0 Å². The minimum atomic E-state index is 0.122. The Morgan fingerprint density at radius 1 is 1.09 bits per heavy atom. The number of rotatable bonds is 8. The molecule has 5 rings (SSSR count). The zero-order valence-corrected chi connectivity index (χ0v) is 19.6. The topological polar surface area (TPSA) is 75.0 Å². The number of nitriles is 1. The first-order chi connectivity index (χ1) is 16.6. The fourth-order valence-corrected chi connectivity index (χ4v) is 5.75. The Bertz CT molecular complexity index is 1050. The molecule has 178 valence electrons. The van der Waals surface area contributed by atoms with Crippen LogP contribution in [0.1, 0.15) is 28.8 Å². The fourth-order valence-electron chi connectivity index (χ4n) is 5.75. The van der Waals surface area contributed by atoms with Gasteiger partial charge in [0, 0.05) is 31.2 Å². The van der Waals surface area contributed by atoms with Gasteiger partial charge in [-0.3, -0.25) is 14.6 Å². The zero-order valence-electron chi connectivity index (χ0n) is 19.6. The van der Waals surface area contributed by atoms with E-state index in [0.717, 1.165) is 25.4 Å². The van der Waals surface area contributed by atoms with Crippen molar-refractivity contribution in [2.75, 3.05) is 53.0 Å². The van der Waals surface area contributed by atoms with Crippen LogP contribution in [0.2, 0.25) is 0 Å². The second-order valence-corrected chi connectivity index (χ2v) is 9.53. The van der Waals surface area contributed by atoms with Gasteiger partial charge >= 0.3 is 0 Å². The number of likely N-dealkylation sites (N-methyl/N-ethyl adjacent to an activating group) is 1. The molecule has 0 N–H and O–H groups in total. The van der Waals surface area contributed by atoms with Crippen molar-refractivity contribution in [2.45, 2.75) is 18.9 Å². The summed E-state index contributed by atoms with van der Waals surface area (Å²) in [5.74, 6) is 3.45. The van der Waals surface area contributed by atoms with Gasteiger partial charge in [0.25, 0.3) is 0 Å². The summed E-state index contributed by atoms with van der Waals surface area (Å²) in [7, 11) is 2.09. The summed E-state index contributed by atoms with van der Waals surface area (Å²) in [6.07, 6.45) is 2.43. The van der Waals surface area contributed by atoms with Crippen molar-refractivity contribution in [1.82, 2.24) is 9.80 Å². The SMILES string of the molecule is CN(CC(=O)c1ccc2c(c1)OCCO2)C1C2CCC1CN(CCOc1ccc(C#N)cc1)C2. The molecule has 0 aromatic heterocycles. The first kappa shape index (κ1) is 22.7. The van der Waals surface area contributed by atoms with Gasteiger partial charge in [0.2, 0.25) is 0 Å². The van der Waals surface area contributed by atoms with Crippen molar-refractivity contribution < 1.29 is 19.0 Å². The number of ketones is 1. The quantitative estimate of drug-likeness (QED) is 0.559. The second-order valence-electron chi connectivity index (χ2n) is 9.53. The molecule has 2 aromatic rings. The van der Waals surface area contributed by atoms with Crippen LogP contribution >= 0.6 is 0 Å². The van der Waals surface area contributed by atoms with Crippen molar-refractivity contribution in [3.63, 3.8) is 0 Å². The van der Waals surface area contributed by atoms with Crippen LogP contribution in [0.4, 0.5) is 0 Å². The monoisotopic (exact) mass is 461 g/mol. The average Bonchev–Trinajstić information content (AvgIpc) is 3.14. The van der Waals surface area contributed by atoms with Crippen LogP contribution in [0.15, 0.2) is 42.5 Å². The molecule has 2 heterocycles. The predicted octanol–water partition coefficient (Wildman–Crippen LogP) is 3.23. The van der Waals surface area contributed by atoms with E-state index in [1.165, 1.54) is 12.8 Å². The maximum Gasteiger partial charge on any atom is 0.176 e. The number of hydrogen-bond donors (Lipinski definition) is 0. The molecule has 1 saturated carbocycles.